The Kier molecular flexibility index (Phi) is 3.90. The SMILES string of the molecule is COc1ccc(C(N)c2cc3c(cc2Cl)OCCO3)cc1. The third kappa shape index (κ3) is 2.77. The highest BCUT2D eigenvalue weighted by Gasteiger charge is 2.19. The van der Waals surface area contributed by atoms with Gasteiger partial charge in [-0.05, 0) is 29.3 Å². The summed E-state index contributed by atoms with van der Waals surface area (Å²) in [5.74, 6) is 2.14. The molecule has 0 amide bonds. The minimum absolute atomic E-state index is 0.334. The van der Waals surface area contributed by atoms with E-state index in [-0.39, 0.29) is 6.04 Å². The lowest BCUT2D eigenvalue weighted by molar-refractivity contribution is 0.171. The summed E-state index contributed by atoms with van der Waals surface area (Å²) >= 11 is 6.32. The minimum Gasteiger partial charge on any atom is -0.497 e. The van der Waals surface area contributed by atoms with Gasteiger partial charge in [0.05, 0.1) is 13.2 Å². The normalized spacial score (nSPS) is 14.6. The molecule has 2 N–H and O–H groups in total. The van der Waals surface area contributed by atoms with Gasteiger partial charge in [0.2, 0.25) is 0 Å². The van der Waals surface area contributed by atoms with E-state index < -0.39 is 0 Å². The van der Waals surface area contributed by atoms with Crippen LogP contribution in [0.2, 0.25) is 5.02 Å². The number of benzene rings is 2. The lowest BCUT2D eigenvalue weighted by Gasteiger charge is -2.22. The molecule has 1 atom stereocenters. The quantitative estimate of drug-likeness (QED) is 0.946. The van der Waals surface area contributed by atoms with Crippen molar-refractivity contribution in [2.45, 2.75) is 6.04 Å². The first-order valence-corrected chi connectivity index (χ1v) is 7.05. The zero-order valence-corrected chi connectivity index (χ0v) is 12.4. The number of hydrogen-bond donors (Lipinski definition) is 1. The van der Waals surface area contributed by atoms with Gasteiger partial charge in [-0.15, -0.1) is 0 Å². The highest BCUT2D eigenvalue weighted by Crippen LogP contribution is 2.38. The molecule has 0 saturated heterocycles. The zero-order chi connectivity index (χ0) is 14.8. The van der Waals surface area contributed by atoms with E-state index in [4.69, 9.17) is 31.5 Å². The predicted molar refractivity (Wildman–Crippen MR) is 81.5 cm³/mol. The molecule has 0 aliphatic carbocycles. The zero-order valence-electron chi connectivity index (χ0n) is 11.6. The first-order chi connectivity index (χ1) is 10.2. The molecule has 3 rings (SSSR count). The van der Waals surface area contributed by atoms with Crippen molar-refractivity contribution in [1.82, 2.24) is 0 Å². The summed E-state index contributed by atoms with van der Waals surface area (Å²) in [5.41, 5.74) is 8.08. The van der Waals surface area contributed by atoms with Crippen LogP contribution in [0.25, 0.3) is 0 Å². The Balaban J connectivity index is 1.94. The Morgan fingerprint density at radius 1 is 1.10 bits per heavy atom. The van der Waals surface area contributed by atoms with E-state index in [9.17, 15) is 0 Å². The van der Waals surface area contributed by atoms with Crippen molar-refractivity contribution >= 4 is 11.6 Å². The summed E-state index contributed by atoms with van der Waals surface area (Å²) in [6, 6.07) is 10.9. The largest absolute Gasteiger partial charge is 0.497 e. The lowest BCUT2D eigenvalue weighted by atomic mass is 9.99. The van der Waals surface area contributed by atoms with Crippen molar-refractivity contribution in [2.24, 2.45) is 5.73 Å². The monoisotopic (exact) mass is 305 g/mol. The summed E-state index contributed by atoms with van der Waals surface area (Å²) < 4.78 is 16.2. The first-order valence-electron chi connectivity index (χ1n) is 6.67. The predicted octanol–water partition coefficient (Wildman–Crippen LogP) is 3.17. The maximum Gasteiger partial charge on any atom is 0.162 e. The van der Waals surface area contributed by atoms with Crippen LogP contribution in [-0.4, -0.2) is 20.3 Å². The molecule has 4 nitrogen and oxygen atoms in total. The van der Waals surface area contributed by atoms with E-state index in [1.54, 1.807) is 13.2 Å². The minimum atomic E-state index is -0.334. The molecule has 1 unspecified atom stereocenters. The van der Waals surface area contributed by atoms with Crippen molar-refractivity contribution in [3.63, 3.8) is 0 Å². The molecule has 0 bridgehead atoms. The molecule has 0 fully saturated rings. The first kappa shape index (κ1) is 14.0. The van der Waals surface area contributed by atoms with E-state index in [1.165, 1.54) is 0 Å². The summed E-state index contributed by atoms with van der Waals surface area (Å²) in [6.07, 6.45) is 0. The van der Waals surface area contributed by atoms with Crippen molar-refractivity contribution < 1.29 is 14.2 Å². The Hall–Kier alpha value is -1.91. The van der Waals surface area contributed by atoms with Gasteiger partial charge in [-0.3, -0.25) is 0 Å². The van der Waals surface area contributed by atoms with E-state index in [2.05, 4.69) is 0 Å². The molecule has 2 aromatic rings. The molecule has 0 radical (unpaired) electrons. The van der Waals surface area contributed by atoms with Gasteiger partial charge in [-0.1, -0.05) is 23.7 Å². The molecule has 5 heteroatoms. The second-order valence-corrected chi connectivity index (χ2v) is 5.18. The van der Waals surface area contributed by atoms with Crippen LogP contribution in [0.3, 0.4) is 0 Å². The Morgan fingerprint density at radius 3 is 2.33 bits per heavy atom. The second-order valence-electron chi connectivity index (χ2n) is 4.77. The van der Waals surface area contributed by atoms with Crippen molar-refractivity contribution in [2.75, 3.05) is 20.3 Å². The van der Waals surface area contributed by atoms with Crippen LogP contribution in [-0.2, 0) is 0 Å². The lowest BCUT2D eigenvalue weighted by Crippen LogP contribution is -2.17. The molecular formula is C16H16ClNO3. The number of fused-ring (bicyclic) bond motifs is 1. The average Bonchev–Trinajstić information content (AvgIpc) is 2.53. The fourth-order valence-electron chi connectivity index (χ4n) is 2.31. The Bertz CT molecular complexity index is 643. The van der Waals surface area contributed by atoms with Crippen molar-refractivity contribution in [3.8, 4) is 17.2 Å². The van der Waals surface area contributed by atoms with Gasteiger partial charge in [-0.25, -0.2) is 0 Å². The number of hydrogen-bond acceptors (Lipinski definition) is 4. The van der Waals surface area contributed by atoms with Gasteiger partial charge in [0, 0.05) is 11.1 Å². The van der Waals surface area contributed by atoms with E-state index in [1.807, 2.05) is 30.3 Å². The van der Waals surface area contributed by atoms with Gasteiger partial charge in [0.1, 0.15) is 19.0 Å². The number of methoxy groups -OCH3 is 1. The molecule has 21 heavy (non-hydrogen) atoms. The highest BCUT2D eigenvalue weighted by molar-refractivity contribution is 6.31. The molecule has 110 valence electrons. The molecule has 0 saturated carbocycles. The molecular weight excluding hydrogens is 290 g/mol. The average molecular weight is 306 g/mol. The molecule has 0 spiro atoms. The van der Waals surface area contributed by atoms with Crippen LogP contribution in [0.5, 0.6) is 17.2 Å². The van der Waals surface area contributed by atoms with Crippen LogP contribution in [0.15, 0.2) is 36.4 Å². The van der Waals surface area contributed by atoms with Crippen LogP contribution >= 0.6 is 11.6 Å². The summed E-state index contributed by atoms with van der Waals surface area (Å²) in [5, 5.41) is 0.572. The smallest absolute Gasteiger partial charge is 0.162 e. The van der Waals surface area contributed by atoms with E-state index in [0.29, 0.717) is 29.7 Å². The fraction of sp³-hybridized carbons (Fsp3) is 0.250. The van der Waals surface area contributed by atoms with Crippen molar-refractivity contribution in [3.05, 3.63) is 52.5 Å². The number of rotatable bonds is 3. The van der Waals surface area contributed by atoms with E-state index in [0.717, 1.165) is 16.9 Å². The van der Waals surface area contributed by atoms with Gasteiger partial charge in [0.25, 0.3) is 0 Å². The maximum absolute atomic E-state index is 6.32. The summed E-state index contributed by atoms with van der Waals surface area (Å²) in [6.45, 7) is 1.07. The Morgan fingerprint density at radius 2 is 1.71 bits per heavy atom. The van der Waals surface area contributed by atoms with Crippen LogP contribution < -0.4 is 19.9 Å². The standard InChI is InChI=1S/C16H16ClNO3/c1-19-11-4-2-10(3-5-11)16(18)12-8-14-15(9-13(12)17)21-7-6-20-14/h2-5,8-9,16H,6-7,18H2,1H3. The highest BCUT2D eigenvalue weighted by atomic mass is 35.5. The van der Waals surface area contributed by atoms with Crippen LogP contribution in [0.1, 0.15) is 17.2 Å². The number of halogens is 1. The fourth-order valence-corrected chi connectivity index (χ4v) is 2.58. The van der Waals surface area contributed by atoms with Crippen molar-refractivity contribution in [1.29, 1.82) is 0 Å². The van der Waals surface area contributed by atoms with Gasteiger partial charge in [0.15, 0.2) is 11.5 Å². The maximum atomic E-state index is 6.32. The molecule has 1 aliphatic heterocycles. The molecule has 1 aliphatic rings. The Labute approximate surface area is 128 Å². The third-order valence-corrected chi connectivity index (χ3v) is 3.80. The van der Waals surface area contributed by atoms with Gasteiger partial charge in [-0.2, -0.15) is 0 Å². The van der Waals surface area contributed by atoms with Crippen LogP contribution in [0.4, 0.5) is 0 Å². The van der Waals surface area contributed by atoms with Gasteiger partial charge >= 0.3 is 0 Å². The summed E-state index contributed by atoms with van der Waals surface area (Å²) in [4.78, 5) is 0. The van der Waals surface area contributed by atoms with E-state index >= 15 is 0 Å². The second kappa shape index (κ2) is 5.84. The number of ether oxygens (including phenoxy) is 3. The summed E-state index contributed by atoms with van der Waals surface area (Å²) in [7, 11) is 1.63. The number of nitrogens with two attached hydrogens (primary N) is 1. The van der Waals surface area contributed by atoms with Gasteiger partial charge < -0.3 is 19.9 Å². The molecule has 2 aromatic carbocycles. The topological polar surface area (TPSA) is 53.7 Å². The molecule has 1 heterocycles. The molecule has 0 aromatic heterocycles. The third-order valence-electron chi connectivity index (χ3n) is 3.47. The van der Waals surface area contributed by atoms with Crippen LogP contribution in [0, 0.1) is 0 Å².